The number of rotatable bonds is 4. The first kappa shape index (κ1) is 19.0. The summed E-state index contributed by atoms with van der Waals surface area (Å²) in [4.78, 5) is 14.6. The Hall–Kier alpha value is -1.76. The normalized spacial score (nSPS) is 14.5. The van der Waals surface area contributed by atoms with E-state index in [9.17, 15) is 13.2 Å². The number of aryl methyl sites for hydroxylation is 1. The Morgan fingerprint density at radius 2 is 1.77 bits per heavy atom. The van der Waals surface area contributed by atoms with E-state index in [1.54, 1.807) is 30.0 Å². The third-order valence-corrected chi connectivity index (χ3v) is 6.43. The summed E-state index contributed by atoms with van der Waals surface area (Å²) in [5, 5.41) is 0.415. The highest BCUT2D eigenvalue weighted by Gasteiger charge is 2.25. The van der Waals surface area contributed by atoms with Crippen LogP contribution in [0.4, 0.5) is 5.69 Å². The number of sulfonamides is 1. The van der Waals surface area contributed by atoms with Crippen molar-refractivity contribution in [1.82, 2.24) is 4.90 Å². The zero-order valence-electron chi connectivity index (χ0n) is 14.1. The number of amides is 1. The molecule has 8 heteroatoms. The summed E-state index contributed by atoms with van der Waals surface area (Å²) >= 11 is 11.8. The Labute approximate surface area is 163 Å². The first-order chi connectivity index (χ1) is 12.3. The molecule has 0 aliphatic carbocycles. The van der Waals surface area contributed by atoms with Crippen molar-refractivity contribution in [3.63, 3.8) is 0 Å². The van der Waals surface area contributed by atoms with Gasteiger partial charge in [-0.05, 0) is 49.6 Å². The van der Waals surface area contributed by atoms with Gasteiger partial charge in [0, 0.05) is 13.1 Å². The highest BCUT2D eigenvalue weighted by Crippen LogP contribution is 2.28. The monoisotopic (exact) mass is 412 g/mol. The standard InChI is InChI=1S/C18H18Cl2N2O3S/c1-12-5-4-6-16(17(12)18(23)22-9-2-3-10-22)21-26(24,25)13-7-8-14(19)15(20)11-13/h4-8,11,21H,2-3,9-10H2,1H3. The molecule has 0 unspecified atom stereocenters. The van der Waals surface area contributed by atoms with Gasteiger partial charge >= 0.3 is 0 Å². The predicted octanol–water partition coefficient (Wildman–Crippen LogP) is 4.34. The first-order valence-electron chi connectivity index (χ1n) is 8.16. The van der Waals surface area contributed by atoms with Gasteiger partial charge in [0.1, 0.15) is 0 Å². The summed E-state index contributed by atoms with van der Waals surface area (Å²) in [6.45, 7) is 3.17. The third kappa shape index (κ3) is 3.82. The maximum Gasteiger partial charge on any atom is 0.261 e. The number of carbonyl (C=O) groups excluding carboxylic acids is 1. The van der Waals surface area contributed by atoms with Crippen LogP contribution < -0.4 is 4.72 Å². The highest BCUT2D eigenvalue weighted by molar-refractivity contribution is 7.92. The lowest BCUT2D eigenvalue weighted by Gasteiger charge is -2.20. The van der Waals surface area contributed by atoms with E-state index in [0.29, 0.717) is 18.7 Å². The minimum absolute atomic E-state index is 0.0204. The Balaban J connectivity index is 1.98. The van der Waals surface area contributed by atoms with Crippen molar-refractivity contribution in [2.75, 3.05) is 17.8 Å². The number of hydrogen-bond acceptors (Lipinski definition) is 3. The van der Waals surface area contributed by atoms with Gasteiger partial charge in [-0.25, -0.2) is 8.42 Å². The van der Waals surface area contributed by atoms with Gasteiger partial charge in [-0.1, -0.05) is 35.3 Å². The topological polar surface area (TPSA) is 66.5 Å². The molecule has 3 rings (SSSR count). The molecule has 1 fully saturated rings. The number of nitrogens with zero attached hydrogens (tertiary/aromatic N) is 1. The van der Waals surface area contributed by atoms with Crippen molar-refractivity contribution in [3.8, 4) is 0 Å². The van der Waals surface area contributed by atoms with Crippen LogP contribution in [-0.4, -0.2) is 32.3 Å². The molecule has 2 aromatic carbocycles. The number of likely N-dealkylation sites (tertiary alicyclic amines) is 1. The van der Waals surface area contributed by atoms with Crippen molar-refractivity contribution >= 4 is 44.8 Å². The van der Waals surface area contributed by atoms with Gasteiger partial charge in [0.25, 0.3) is 15.9 Å². The van der Waals surface area contributed by atoms with Crippen LogP contribution in [0.25, 0.3) is 0 Å². The van der Waals surface area contributed by atoms with Gasteiger partial charge in [0.15, 0.2) is 0 Å². The van der Waals surface area contributed by atoms with Crippen molar-refractivity contribution in [2.24, 2.45) is 0 Å². The molecule has 1 aliphatic heterocycles. The number of nitrogens with one attached hydrogen (secondary N) is 1. The molecule has 0 saturated carbocycles. The molecule has 26 heavy (non-hydrogen) atoms. The molecule has 0 spiro atoms. The Bertz CT molecular complexity index is 955. The molecule has 2 aromatic rings. The number of hydrogen-bond donors (Lipinski definition) is 1. The Morgan fingerprint density at radius 1 is 1.08 bits per heavy atom. The number of anilines is 1. The predicted molar refractivity (Wildman–Crippen MR) is 104 cm³/mol. The second-order valence-electron chi connectivity index (χ2n) is 6.18. The molecule has 5 nitrogen and oxygen atoms in total. The lowest BCUT2D eigenvalue weighted by molar-refractivity contribution is 0.0793. The minimum atomic E-state index is -3.91. The Morgan fingerprint density at radius 3 is 2.42 bits per heavy atom. The van der Waals surface area contributed by atoms with Crippen molar-refractivity contribution in [1.29, 1.82) is 0 Å². The van der Waals surface area contributed by atoms with Crippen LogP contribution in [0.1, 0.15) is 28.8 Å². The van der Waals surface area contributed by atoms with E-state index in [4.69, 9.17) is 23.2 Å². The van der Waals surface area contributed by atoms with E-state index in [1.165, 1.54) is 18.2 Å². The summed E-state index contributed by atoms with van der Waals surface area (Å²) in [5.41, 5.74) is 1.35. The maximum atomic E-state index is 12.9. The second-order valence-corrected chi connectivity index (χ2v) is 8.67. The van der Waals surface area contributed by atoms with Crippen LogP contribution in [0.3, 0.4) is 0 Å². The maximum absolute atomic E-state index is 12.9. The molecule has 0 atom stereocenters. The van der Waals surface area contributed by atoms with E-state index in [2.05, 4.69) is 4.72 Å². The second kappa shape index (κ2) is 7.47. The fraction of sp³-hybridized carbons (Fsp3) is 0.278. The molecule has 0 aromatic heterocycles. The molecule has 1 N–H and O–H groups in total. The third-order valence-electron chi connectivity index (χ3n) is 4.33. The van der Waals surface area contributed by atoms with Crippen LogP contribution >= 0.6 is 23.2 Å². The molecule has 138 valence electrons. The zero-order chi connectivity index (χ0) is 18.9. The smallest absolute Gasteiger partial charge is 0.261 e. The number of carbonyl (C=O) groups is 1. The lowest BCUT2D eigenvalue weighted by atomic mass is 10.1. The van der Waals surface area contributed by atoms with E-state index in [1.807, 2.05) is 0 Å². The molecule has 0 bridgehead atoms. The van der Waals surface area contributed by atoms with Crippen LogP contribution in [0.5, 0.6) is 0 Å². The van der Waals surface area contributed by atoms with Gasteiger partial charge in [-0.2, -0.15) is 0 Å². The minimum Gasteiger partial charge on any atom is -0.339 e. The van der Waals surface area contributed by atoms with Crippen LogP contribution in [0, 0.1) is 6.92 Å². The molecular weight excluding hydrogens is 395 g/mol. The zero-order valence-corrected chi connectivity index (χ0v) is 16.5. The average Bonchev–Trinajstić information content (AvgIpc) is 3.11. The Kier molecular flexibility index (Phi) is 5.46. The fourth-order valence-corrected chi connectivity index (χ4v) is 4.42. The van der Waals surface area contributed by atoms with Crippen molar-refractivity contribution in [3.05, 3.63) is 57.6 Å². The van der Waals surface area contributed by atoms with Gasteiger partial charge in [0.05, 0.1) is 26.2 Å². The van der Waals surface area contributed by atoms with Crippen LogP contribution in [0.2, 0.25) is 10.0 Å². The first-order valence-corrected chi connectivity index (χ1v) is 10.4. The van der Waals surface area contributed by atoms with Crippen molar-refractivity contribution < 1.29 is 13.2 Å². The average molecular weight is 413 g/mol. The largest absolute Gasteiger partial charge is 0.339 e. The van der Waals surface area contributed by atoms with Gasteiger partial charge in [-0.15, -0.1) is 0 Å². The lowest BCUT2D eigenvalue weighted by Crippen LogP contribution is -2.29. The summed E-state index contributed by atoms with van der Waals surface area (Å²) in [6, 6.07) is 9.16. The van der Waals surface area contributed by atoms with Gasteiger partial charge < -0.3 is 4.90 Å². The SMILES string of the molecule is Cc1cccc(NS(=O)(=O)c2ccc(Cl)c(Cl)c2)c1C(=O)N1CCCC1. The molecule has 1 aliphatic rings. The molecule has 1 saturated heterocycles. The molecule has 1 heterocycles. The van der Waals surface area contributed by atoms with E-state index in [0.717, 1.165) is 18.4 Å². The quantitative estimate of drug-likeness (QED) is 0.811. The number of benzene rings is 2. The summed E-state index contributed by atoms with van der Waals surface area (Å²) in [6.07, 6.45) is 1.92. The van der Waals surface area contributed by atoms with Gasteiger partial charge in [-0.3, -0.25) is 9.52 Å². The van der Waals surface area contributed by atoms with Crippen LogP contribution in [0.15, 0.2) is 41.3 Å². The van der Waals surface area contributed by atoms with Gasteiger partial charge in [0.2, 0.25) is 0 Å². The molecular formula is C18H18Cl2N2O3S. The highest BCUT2D eigenvalue weighted by atomic mass is 35.5. The fourth-order valence-electron chi connectivity index (χ4n) is 2.96. The summed E-state index contributed by atoms with van der Waals surface area (Å²) in [5.74, 6) is -0.160. The van der Waals surface area contributed by atoms with Crippen molar-refractivity contribution in [2.45, 2.75) is 24.7 Å². The van der Waals surface area contributed by atoms with E-state index in [-0.39, 0.29) is 26.5 Å². The van der Waals surface area contributed by atoms with E-state index < -0.39 is 10.0 Å². The van der Waals surface area contributed by atoms with E-state index >= 15 is 0 Å². The summed E-state index contributed by atoms with van der Waals surface area (Å²) in [7, 11) is -3.91. The molecule has 1 amide bonds. The summed E-state index contributed by atoms with van der Waals surface area (Å²) < 4.78 is 28.0. The number of halogens is 2. The van der Waals surface area contributed by atoms with Crippen LogP contribution in [-0.2, 0) is 10.0 Å². The molecule has 0 radical (unpaired) electrons.